The van der Waals surface area contributed by atoms with E-state index >= 15 is 0 Å². The molecule has 2 aromatic heterocycles. The highest BCUT2D eigenvalue weighted by Crippen LogP contribution is 2.10. The summed E-state index contributed by atoms with van der Waals surface area (Å²) >= 11 is 0. The summed E-state index contributed by atoms with van der Waals surface area (Å²) in [4.78, 5) is 8.43. The quantitative estimate of drug-likeness (QED) is 0.526. The van der Waals surface area contributed by atoms with Crippen molar-refractivity contribution in [3.05, 3.63) is 66.1 Å². The molecule has 0 unspecified atom stereocenters. The molecule has 0 aliphatic rings. The number of sulfonamides is 1. The van der Waals surface area contributed by atoms with Crippen molar-refractivity contribution in [1.29, 1.82) is 0 Å². The van der Waals surface area contributed by atoms with E-state index in [1.54, 1.807) is 30.7 Å². The normalized spacial score (nSPS) is 11.1. The molecule has 0 bridgehead atoms. The highest BCUT2D eigenvalue weighted by atomic mass is 32.2. The van der Waals surface area contributed by atoms with Gasteiger partial charge in [-0.2, -0.15) is 10.1 Å². The Bertz CT molecular complexity index is 980. The van der Waals surface area contributed by atoms with Crippen molar-refractivity contribution >= 4 is 21.8 Å². The molecule has 0 saturated carbocycles. The van der Waals surface area contributed by atoms with Gasteiger partial charge in [0.1, 0.15) is 0 Å². The number of pyridine rings is 1. The van der Waals surface area contributed by atoms with Crippen LogP contribution in [0.2, 0.25) is 0 Å². The van der Waals surface area contributed by atoms with Gasteiger partial charge in [-0.15, -0.1) is 5.10 Å². The molecule has 2 heterocycles. The van der Waals surface area contributed by atoms with Gasteiger partial charge in [-0.05, 0) is 41.8 Å². The Morgan fingerprint density at radius 3 is 2.41 bits per heavy atom. The summed E-state index contributed by atoms with van der Waals surface area (Å²) in [5, 5.41) is 19.2. The lowest BCUT2D eigenvalue weighted by Gasteiger charge is -2.08. The van der Waals surface area contributed by atoms with Crippen molar-refractivity contribution in [1.82, 2.24) is 20.2 Å². The number of rotatable bonds is 8. The molecule has 0 spiro atoms. The number of nitrogens with two attached hydrogens (primary N) is 1. The third-order valence-corrected chi connectivity index (χ3v) is 4.66. The first-order chi connectivity index (χ1) is 13.0. The van der Waals surface area contributed by atoms with Crippen LogP contribution in [-0.4, -0.2) is 35.1 Å². The zero-order valence-corrected chi connectivity index (χ0v) is 15.2. The van der Waals surface area contributed by atoms with Crippen molar-refractivity contribution in [2.24, 2.45) is 5.14 Å². The van der Waals surface area contributed by atoms with Crippen molar-refractivity contribution < 1.29 is 8.42 Å². The number of primary sulfonamides is 1. The van der Waals surface area contributed by atoms with Crippen LogP contribution >= 0.6 is 0 Å². The van der Waals surface area contributed by atoms with E-state index in [2.05, 4.69) is 30.8 Å². The van der Waals surface area contributed by atoms with Crippen LogP contribution in [0.3, 0.4) is 0 Å². The first kappa shape index (κ1) is 18.7. The fourth-order valence-electron chi connectivity index (χ4n) is 2.32. The summed E-state index contributed by atoms with van der Waals surface area (Å²) in [6, 6.07) is 10.3. The second-order valence-corrected chi connectivity index (χ2v) is 7.30. The maximum absolute atomic E-state index is 11.3. The molecule has 0 aliphatic heterocycles. The minimum Gasteiger partial charge on any atom is -0.365 e. The van der Waals surface area contributed by atoms with E-state index in [4.69, 9.17) is 5.14 Å². The number of benzene rings is 1. The van der Waals surface area contributed by atoms with Gasteiger partial charge in [0.15, 0.2) is 5.82 Å². The van der Waals surface area contributed by atoms with Gasteiger partial charge in [-0.3, -0.25) is 4.98 Å². The Labute approximate surface area is 157 Å². The van der Waals surface area contributed by atoms with Crippen LogP contribution < -0.4 is 15.8 Å². The van der Waals surface area contributed by atoms with Crippen LogP contribution in [0, 0.1) is 0 Å². The SMILES string of the molecule is NS(=O)(=O)c1ccc(CCNc2nncc(NCc3ccncc3)n2)cc1. The molecule has 9 nitrogen and oxygen atoms in total. The zero-order chi connectivity index (χ0) is 19.1. The standard InChI is InChI=1S/C17H19N7O2S/c18-27(25,26)15-3-1-13(2-4-15)7-10-20-17-23-16(12-22-24-17)21-11-14-5-8-19-9-6-14/h1-6,8-9,12H,7,10-11H2,(H2,18,25,26)(H2,20,21,23,24). The van der Waals surface area contributed by atoms with Crippen LogP contribution in [-0.2, 0) is 23.0 Å². The Kier molecular flexibility index (Phi) is 5.89. The molecule has 27 heavy (non-hydrogen) atoms. The zero-order valence-electron chi connectivity index (χ0n) is 14.4. The number of anilines is 2. The fraction of sp³-hybridized carbons (Fsp3) is 0.176. The molecular formula is C17H19N7O2S. The summed E-state index contributed by atoms with van der Waals surface area (Å²) in [5.41, 5.74) is 2.05. The number of hydrogen-bond donors (Lipinski definition) is 3. The van der Waals surface area contributed by atoms with Crippen LogP contribution in [0.1, 0.15) is 11.1 Å². The molecule has 0 aliphatic carbocycles. The molecule has 0 fully saturated rings. The van der Waals surface area contributed by atoms with Gasteiger partial charge in [-0.1, -0.05) is 12.1 Å². The smallest absolute Gasteiger partial charge is 0.244 e. The number of nitrogens with zero attached hydrogens (tertiary/aromatic N) is 4. The van der Waals surface area contributed by atoms with E-state index < -0.39 is 10.0 Å². The van der Waals surface area contributed by atoms with E-state index in [-0.39, 0.29) is 4.90 Å². The third kappa shape index (κ3) is 5.69. The summed E-state index contributed by atoms with van der Waals surface area (Å²) in [7, 11) is -3.67. The Morgan fingerprint density at radius 1 is 0.963 bits per heavy atom. The topological polar surface area (TPSA) is 136 Å². The van der Waals surface area contributed by atoms with Crippen LogP contribution in [0.4, 0.5) is 11.8 Å². The predicted octanol–water partition coefficient (Wildman–Crippen LogP) is 1.18. The summed E-state index contributed by atoms with van der Waals surface area (Å²) in [5.74, 6) is 1.03. The maximum atomic E-state index is 11.3. The lowest BCUT2D eigenvalue weighted by Crippen LogP contribution is -2.12. The van der Waals surface area contributed by atoms with E-state index in [0.29, 0.717) is 31.3 Å². The van der Waals surface area contributed by atoms with E-state index in [1.807, 2.05) is 12.1 Å². The lowest BCUT2D eigenvalue weighted by atomic mass is 10.1. The Hall–Kier alpha value is -3.11. The highest BCUT2D eigenvalue weighted by molar-refractivity contribution is 7.89. The monoisotopic (exact) mass is 385 g/mol. The summed E-state index contributed by atoms with van der Waals surface area (Å²) in [6.07, 6.45) is 5.69. The van der Waals surface area contributed by atoms with Gasteiger partial charge < -0.3 is 10.6 Å². The van der Waals surface area contributed by atoms with Gasteiger partial charge in [-0.25, -0.2) is 13.6 Å². The minimum absolute atomic E-state index is 0.0970. The Balaban J connectivity index is 1.51. The van der Waals surface area contributed by atoms with Crippen LogP contribution in [0.15, 0.2) is 59.9 Å². The average Bonchev–Trinajstić information content (AvgIpc) is 2.67. The van der Waals surface area contributed by atoms with Crippen LogP contribution in [0.5, 0.6) is 0 Å². The second kappa shape index (κ2) is 8.52. The average molecular weight is 385 g/mol. The molecular weight excluding hydrogens is 366 g/mol. The molecule has 0 amide bonds. The van der Waals surface area contributed by atoms with Crippen molar-refractivity contribution in [3.63, 3.8) is 0 Å². The van der Waals surface area contributed by atoms with E-state index in [9.17, 15) is 8.42 Å². The van der Waals surface area contributed by atoms with Gasteiger partial charge in [0.05, 0.1) is 11.1 Å². The van der Waals surface area contributed by atoms with Crippen molar-refractivity contribution in [3.8, 4) is 0 Å². The number of nitrogens with one attached hydrogen (secondary N) is 2. The van der Waals surface area contributed by atoms with Crippen molar-refractivity contribution in [2.45, 2.75) is 17.9 Å². The molecule has 0 saturated heterocycles. The molecule has 1 aromatic carbocycles. The van der Waals surface area contributed by atoms with E-state index in [1.165, 1.54) is 12.1 Å². The van der Waals surface area contributed by atoms with Gasteiger partial charge in [0, 0.05) is 25.5 Å². The lowest BCUT2D eigenvalue weighted by molar-refractivity contribution is 0.598. The van der Waals surface area contributed by atoms with Crippen LogP contribution in [0.25, 0.3) is 0 Å². The first-order valence-corrected chi connectivity index (χ1v) is 9.73. The molecule has 4 N–H and O–H groups in total. The summed E-state index contributed by atoms with van der Waals surface area (Å²) in [6.45, 7) is 1.18. The fourth-order valence-corrected chi connectivity index (χ4v) is 2.84. The van der Waals surface area contributed by atoms with Gasteiger partial charge >= 0.3 is 0 Å². The summed E-state index contributed by atoms with van der Waals surface area (Å²) < 4.78 is 22.5. The molecule has 10 heteroatoms. The molecule has 0 atom stereocenters. The second-order valence-electron chi connectivity index (χ2n) is 5.74. The molecule has 3 rings (SSSR count). The predicted molar refractivity (Wildman–Crippen MR) is 101 cm³/mol. The minimum atomic E-state index is -3.67. The number of aromatic nitrogens is 4. The highest BCUT2D eigenvalue weighted by Gasteiger charge is 2.07. The largest absolute Gasteiger partial charge is 0.365 e. The molecule has 0 radical (unpaired) electrons. The molecule has 140 valence electrons. The third-order valence-electron chi connectivity index (χ3n) is 3.73. The van der Waals surface area contributed by atoms with Gasteiger partial charge in [0.25, 0.3) is 0 Å². The maximum Gasteiger partial charge on any atom is 0.244 e. The number of hydrogen-bond acceptors (Lipinski definition) is 8. The van der Waals surface area contributed by atoms with Crippen molar-refractivity contribution in [2.75, 3.05) is 17.2 Å². The molecule has 3 aromatic rings. The Morgan fingerprint density at radius 2 is 1.70 bits per heavy atom. The van der Waals surface area contributed by atoms with E-state index in [0.717, 1.165) is 11.1 Å². The van der Waals surface area contributed by atoms with Gasteiger partial charge in [0.2, 0.25) is 16.0 Å². The first-order valence-electron chi connectivity index (χ1n) is 8.19.